The Morgan fingerprint density at radius 1 is 1.33 bits per heavy atom. The number of hydrogen-bond donors (Lipinski definition) is 2. The standard InChI is InChI=1S/C17H22N2O2/c1-19-11-13(14-6-2-3-7-15(14)19)10-16(21)18-17(12-20)8-4-5-9-17/h2-3,6-7,11,20H,4-5,8-10,12H2,1H3,(H,18,21). The van der Waals surface area contributed by atoms with Gasteiger partial charge in [0.25, 0.3) is 0 Å². The average molecular weight is 286 g/mol. The van der Waals surface area contributed by atoms with Gasteiger partial charge in [-0.25, -0.2) is 0 Å². The molecule has 4 heteroatoms. The highest BCUT2D eigenvalue weighted by Crippen LogP contribution is 2.29. The first kappa shape index (κ1) is 14.1. The lowest BCUT2D eigenvalue weighted by molar-refractivity contribution is -0.122. The molecule has 1 aromatic heterocycles. The van der Waals surface area contributed by atoms with Gasteiger partial charge < -0.3 is 15.0 Å². The molecule has 1 saturated carbocycles. The average Bonchev–Trinajstić information content (AvgIpc) is 3.06. The molecule has 0 spiro atoms. The Morgan fingerprint density at radius 2 is 2.05 bits per heavy atom. The van der Waals surface area contributed by atoms with E-state index in [1.165, 1.54) is 0 Å². The van der Waals surface area contributed by atoms with Gasteiger partial charge in [0.05, 0.1) is 18.6 Å². The van der Waals surface area contributed by atoms with E-state index in [2.05, 4.69) is 22.0 Å². The Morgan fingerprint density at radius 3 is 2.76 bits per heavy atom. The molecule has 2 N–H and O–H groups in total. The minimum atomic E-state index is -0.387. The Labute approximate surface area is 124 Å². The number of nitrogens with zero attached hydrogens (tertiary/aromatic N) is 1. The van der Waals surface area contributed by atoms with E-state index in [0.29, 0.717) is 6.42 Å². The molecule has 3 rings (SSSR count). The number of aromatic nitrogens is 1. The summed E-state index contributed by atoms with van der Waals surface area (Å²) in [5.74, 6) is 0.00213. The van der Waals surface area contributed by atoms with Gasteiger partial charge in [0.15, 0.2) is 0 Å². The predicted octanol–water partition coefficient (Wildman–Crippen LogP) is 2.14. The van der Waals surface area contributed by atoms with Gasteiger partial charge in [0, 0.05) is 24.1 Å². The lowest BCUT2D eigenvalue weighted by Crippen LogP contribution is -2.49. The van der Waals surface area contributed by atoms with Crippen molar-refractivity contribution in [2.75, 3.05) is 6.61 Å². The summed E-state index contributed by atoms with van der Waals surface area (Å²) >= 11 is 0. The number of fused-ring (bicyclic) bond motifs is 1. The third kappa shape index (κ3) is 2.68. The molecule has 0 unspecified atom stereocenters. The van der Waals surface area contributed by atoms with Crippen LogP contribution >= 0.6 is 0 Å². The zero-order valence-corrected chi connectivity index (χ0v) is 12.4. The molecular formula is C17H22N2O2. The third-order valence-corrected chi connectivity index (χ3v) is 4.60. The topological polar surface area (TPSA) is 54.3 Å². The minimum absolute atomic E-state index is 0.00213. The van der Waals surface area contributed by atoms with E-state index >= 15 is 0 Å². The van der Waals surface area contributed by atoms with Crippen molar-refractivity contribution in [3.63, 3.8) is 0 Å². The van der Waals surface area contributed by atoms with Crippen LogP contribution in [0.4, 0.5) is 0 Å². The molecule has 1 aliphatic rings. The molecule has 0 aliphatic heterocycles. The lowest BCUT2D eigenvalue weighted by atomic mass is 9.98. The Hall–Kier alpha value is -1.81. The van der Waals surface area contributed by atoms with Crippen LogP contribution in [0, 0.1) is 0 Å². The molecule has 112 valence electrons. The van der Waals surface area contributed by atoms with Crippen molar-refractivity contribution >= 4 is 16.8 Å². The number of aliphatic hydroxyl groups is 1. The number of amides is 1. The molecule has 1 aliphatic carbocycles. The second kappa shape index (κ2) is 5.53. The number of aliphatic hydroxyl groups excluding tert-OH is 1. The van der Waals surface area contributed by atoms with E-state index in [9.17, 15) is 9.90 Å². The second-order valence-corrected chi connectivity index (χ2v) is 6.15. The Bertz CT molecular complexity index is 654. The van der Waals surface area contributed by atoms with Crippen molar-refractivity contribution in [1.29, 1.82) is 0 Å². The fourth-order valence-corrected chi connectivity index (χ4v) is 3.45. The molecule has 1 aromatic carbocycles. The number of para-hydroxylation sites is 1. The maximum atomic E-state index is 12.4. The second-order valence-electron chi connectivity index (χ2n) is 6.15. The summed E-state index contributed by atoms with van der Waals surface area (Å²) in [5, 5.41) is 13.8. The molecule has 1 fully saturated rings. The molecule has 0 radical (unpaired) electrons. The van der Waals surface area contributed by atoms with Crippen LogP contribution in [0.3, 0.4) is 0 Å². The van der Waals surface area contributed by atoms with Gasteiger partial charge in [-0.2, -0.15) is 0 Å². The number of carbonyl (C=O) groups excluding carboxylic acids is 1. The Balaban J connectivity index is 1.77. The predicted molar refractivity (Wildman–Crippen MR) is 83.1 cm³/mol. The summed E-state index contributed by atoms with van der Waals surface area (Å²) in [4.78, 5) is 12.4. The molecule has 0 saturated heterocycles. The first-order valence-corrected chi connectivity index (χ1v) is 7.58. The molecule has 21 heavy (non-hydrogen) atoms. The zero-order chi connectivity index (χ0) is 14.9. The van der Waals surface area contributed by atoms with Crippen LogP contribution in [0.2, 0.25) is 0 Å². The van der Waals surface area contributed by atoms with Crippen LogP contribution in [-0.4, -0.2) is 27.7 Å². The lowest BCUT2D eigenvalue weighted by Gasteiger charge is -2.27. The van der Waals surface area contributed by atoms with Gasteiger partial charge in [-0.3, -0.25) is 4.79 Å². The van der Waals surface area contributed by atoms with Crippen LogP contribution in [0.25, 0.3) is 10.9 Å². The molecule has 4 nitrogen and oxygen atoms in total. The van der Waals surface area contributed by atoms with Crippen LogP contribution in [0.5, 0.6) is 0 Å². The van der Waals surface area contributed by atoms with E-state index in [-0.39, 0.29) is 18.1 Å². The maximum Gasteiger partial charge on any atom is 0.225 e. The molecule has 0 atom stereocenters. The molecule has 1 amide bonds. The van der Waals surface area contributed by atoms with E-state index in [0.717, 1.165) is 42.1 Å². The highest BCUT2D eigenvalue weighted by Gasteiger charge is 2.34. The van der Waals surface area contributed by atoms with E-state index in [4.69, 9.17) is 0 Å². The summed E-state index contributed by atoms with van der Waals surface area (Å²) in [6.45, 7) is 0.0360. The van der Waals surface area contributed by atoms with Crippen molar-refractivity contribution < 1.29 is 9.90 Å². The van der Waals surface area contributed by atoms with Gasteiger partial charge in [0.2, 0.25) is 5.91 Å². The normalized spacial score (nSPS) is 17.2. The molecule has 0 bridgehead atoms. The largest absolute Gasteiger partial charge is 0.394 e. The van der Waals surface area contributed by atoms with Crippen molar-refractivity contribution in [3.05, 3.63) is 36.0 Å². The van der Waals surface area contributed by atoms with Crippen LogP contribution in [0.1, 0.15) is 31.2 Å². The molecule has 1 heterocycles. The number of carbonyl (C=O) groups is 1. The van der Waals surface area contributed by atoms with E-state index in [1.54, 1.807) is 0 Å². The van der Waals surface area contributed by atoms with Crippen molar-refractivity contribution in [2.45, 2.75) is 37.6 Å². The summed E-state index contributed by atoms with van der Waals surface area (Å²) in [7, 11) is 2.00. The maximum absolute atomic E-state index is 12.4. The van der Waals surface area contributed by atoms with Crippen LogP contribution < -0.4 is 5.32 Å². The highest BCUT2D eigenvalue weighted by molar-refractivity contribution is 5.89. The zero-order valence-electron chi connectivity index (χ0n) is 12.4. The van der Waals surface area contributed by atoms with Crippen molar-refractivity contribution in [1.82, 2.24) is 9.88 Å². The van der Waals surface area contributed by atoms with Crippen LogP contribution in [-0.2, 0) is 18.3 Å². The fourth-order valence-electron chi connectivity index (χ4n) is 3.45. The van der Waals surface area contributed by atoms with Crippen molar-refractivity contribution in [3.8, 4) is 0 Å². The van der Waals surface area contributed by atoms with E-state index < -0.39 is 0 Å². The van der Waals surface area contributed by atoms with Gasteiger partial charge in [0.1, 0.15) is 0 Å². The number of aryl methyl sites for hydroxylation is 1. The monoisotopic (exact) mass is 286 g/mol. The third-order valence-electron chi connectivity index (χ3n) is 4.60. The van der Waals surface area contributed by atoms with E-state index in [1.807, 2.05) is 25.4 Å². The number of benzene rings is 1. The van der Waals surface area contributed by atoms with Gasteiger partial charge >= 0.3 is 0 Å². The van der Waals surface area contributed by atoms with Gasteiger partial charge in [-0.1, -0.05) is 31.0 Å². The van der Waals surface area contributed by atoms with Crippen LogP contribution in [0.15, 0.2) is 30.5 Å². The quantitative estimate of drug-likeness (QED) is 0.905. The number of hydrogen-bond acceptors (Lipinski definition) is 2. The highest BCUT2D eigenvalue weighted by atomic mass is 16.3. The fraction of sp³-hybridized carbons (Fsp3) is 0.471. The van der Waals surface area contributed by atoms with Gasteiger partial charge in [-0.05, 0) is 24.5 Å². The number of rotatable bonds is 4. The summed E-state index contributed by atoms with van der Waals surface area (Å²) in [6.07, 6.45) is 6.30. The van der Waals surface area contributed by atoms with Crippen molar-refractivity contribution in [2.24, 2.45) is 7.05 Å². The van der Waals surface area contributed by atoms with Gasteiger partial charge in [-0.15, -0.1) is 0 Å². The summed E-state index contributed by atoms with van der Waals surface area (Å²) < 4.78 is 2.05. The smallest absolute Gasteiger partial charge is 0.225 e. The number of nitrogens with one attached hydrogen (secondary N) is 1. The summed E-state index contributed by atoms with van der Waals surface area (Å²) in [6, 6.07) is 8.11. The Kier molecular flexibility index (Phi) is 3.72. The molecular weight excluding hydrogens is 264 g/mol. The first-order chi connectivity index (χ1) is 10.1. The summed E-state index contributed by atoms with van der Waals surface area (Å²) in [5.41, 5.74) is 1.79. The first-order valence-electron chi connectivity index (χ1n) is 7.58. The minimum Gasteiger partial charge on any atom is -0.394 e. The SMILES string of the molecule is Cn1cc(CC(=O)NC2(CO)CCCC2)c2ccccc21. The molecule has 2 aromatic rings.